The summed E-state index contributed by atoms with van der Waals surface area (Å²) in [6, 6.07) is 0.730. The van der Waals surface area contributed by atoms with Crippen molar-refractivity contribution in [2.24, 2.45) is 0 Å². The van der Waals surface area contributed by atoms with Crippen molar-refractivity contribution in [1.29, 1.82) is 0 Å². The molecule has 5 nitrogen and oxygen atoms in total. The van der Waals surface area contributed by atoms with Gasteiger partial charge in [0, 0.05) is 45.2 Å². The van der Waals surface area contributed by atoms with E-state index in [1.54, 1.807) is 0 Å². The van der Waals surface area contributed by atoms with Crippen molar-refractivity contribution in [2.45, 2.75) is 37.8 Å². The smallest absolute Gasteiger partial charge is 0.230 e. The van der Waals surface area contributed by atoms with Crippen LogP contribution in [0.4, 0.5) is 0 Å². The van der Waals surface area contributed by atoms with Gasteiger partial charge in [-0.25, -0.2) is 0 Å². The third kappa shape index (κ3) is 1.98. The number of carbonyl (C=O) groups is 2. The van der Waals surface area contributed by atoms with E-state index in [0.29, 0.717) is 18.9 Å². The standard InChI is InChI=1S/C12H18N2O3/c15-11-1-2-12(16)14(11)10-7-13(8-10)9-3-5-17-6-4-9/h9-10H,1-8H2. The highest BCUT2D eigenvalue weighted by Gasteiger charge is 2.43. The summed E-state index contributed by atoms with van der Waals surface area (Å²) in [4.78, 5) is 27.0. The van der Waals surface area contributed by atoms with Gasteiger partial charge in [-0.1, -0.05) is 0 Å². The second-order valence-corrected chi connectivity index (χ2v) is 5.11. The van der Waals surface area contributed by atoms with Crippen LogP contribution in [0, 0.1) is 0 Å². The van der Waals surface area contributed by atoms with Crippen LogP contribution in [0.15, 0.2) is 0 Å². The Kier molecular flexibility index (Phi) is 2.88. The van der Waals surface area contributed by atoms with Gasteiger partial charge in [-0.05, 0) is 12.8 Å². The second kappa shape index (κ2) is 4.38. The van der Waals surface area contributed by atoms with Crippen molar-refractivity contribution >= 4 is 11.8 Å². The van der Waals surface area contributed by atoms with Crippen molar-refractivity contribution < 1.29 is 14.3 Å². The minimum Gasteiger partial charge on any atom is -0.381 e. The Bertz CT molecular complexity index is 317. The molecule has 0 bridgehead atoms. The lowest BCUT2D eigenvalue weighted by molar-refractivity contribution is -0.146. The van der Waals surface area contributed by atoms with Gasteiger partial charge in [0.25, 0.3) is 0 Å². The minimum atomic E-state index is 0.0200. The van der Waals surface area contributed by atoms with Crippen molar-refractivity contribution in [1.82, 2.24) is 9.80 Å². The molecule has 3 aliphatic heterocycles. The lowest BCUT2D eigenvalue weighted by atomic mass is 9.99. The quantitative estimate of drug-likeness (QED) is 0.635. The first kappa shape index (κ1) is 11.2. The van der Waals surface area contributed by atoms with Gasteiger partial charge < -0.3 is 4.74 Å². The SMILES string of the molecule is O=C1CCC(=O)N1C1CN(C2CCOCC2)C1. The molecule has 0 aromatic rings. The van der Waals surface area contributed by atoms with Crippen LogP contribution in [0.25, 0.3) is 0 Å². The van der Waals surface area contributed by atoms with Crippen LogP contribution >= 0.6 is 0 Å². The molecule has 0 aromatic carbocycles. The Hall–Kier alpha value is -0.940. The van der Waals surface area contributed by atoms with Crippen LogP contribution in [-0.2, 0) is 14.3 Å². The van der Waals surface area contributed by atoms with Gasteiger partial charge in [0.1, 0.15) is 0 Å². The molecule has 5 heteroatoms. The van der Waals surface area contributed by atoms with Crippen molar-refractivity contribution in [3.8, 4) is 0 Å². The van der Waals surface area contributed by atoms with Crippen LogP contribution < -0.4 is 0 Å². The lowest BCUT2D eigenvalue weighted by Gasteiger charge is -2.48. The fourth-order valence-corrected chi connectivity index (χ4v) is 3.00. The van der Waals surface area contributed by atoms with Gasteiger partial charge in [-0.15, -0.1) is 0 Å². The number of hydrogen-bond acceptors (Lipinski definition) is 4. The number of rotatable bonds is 2. The summed E-state index contributed by atoms with van der Waals surface area (Å²) in [6.07, 6.45) is 2.97. The summed E-state index contributed by atoms with van der Waals surface area (Å²) in [7, 11) is 0. The number of hydrogen-bond donors (Lipinski definition) is 0. The number of nitrogens with zero attached hydrogens (tertiary/aromatic N) is 2. The molecular formula is C12H18N2O3. The van der Waals surface area contributed by atoms with Gasteiger partial charge >= 0.3 is 0 Å². The number of amides is 2. The van der Waals surface area contributed by atoms with Crippen LogP contribution in [0.5, 0.6) is 0 Å². The largest absolute Gasteiger partial charge is 0.381 e. The van der Waals surface area contributed by atoms with E-state index in [1.807, 2.05) is 0 Å². The van der Waals surface area contributed by atoms with E-state index in [9.17, 15) is 9.59 Å². The topological polar surface area (TPSA) is 49.9 Å². The molecule has 0 aromatic heterocycles. The van der Waals surface area contributed by atoms with E-state index in [-0.39, 0.29) is 17.9 Å². The van der Waals surface area contributed by atoms with Gasteiger partial charge in [0.2, 0.25) is 11.8 Å². The summed E-state index contributed by atoms with van der Waals surface area (Å²) < 4.78 is 5.33. The molecule has 94 valence electrons. The van der Waals surface area contributed by atoms with E-state index >= 15 is 0 Å². The highest BCUT2D eigenvalue weighted by molar-refractivity contribution is 6.02. The lowest BCUT2D eigenvalue weighted by Crippen LogP contribution is -2.63. The molecule has 3 fully saturated rings. The molecule has 3 saturated heterocycles. The number of imide groups is 1. The molecule has 17 heavy (non-hydrogen) atoms. The van der Waals surface area contributed by atoms with Crippen molar-refractivity contribution in [2.75, 3.05) is 26.3 Å². The minimum absolute atomic E-state index is 0.0200. The Labute approximate surface area is 101 Å². The Balaban J connectivity index is 1.53. The highest BCUT2D eigenvalue weighted by atomic mass is 16.5. The first-order valence-corrected chi connectivity index (χ1v) is 6.42. The molecule has 0 N–H and O–H groups in total. The monoisotopic (exact) mass is 238 g/mol. The Morgan fingerprint density at radius 2 is 1.53 bits per heavy atom. The molecule has 0 atom stereocenters. The first-order valence-electron chi connectivity index (χ1n) is 6.42. The van der Waals surface area contributed by atoms with Crippen LogP contribution in [0.1, 0.15) is 25.7 Å². The molecule has 0 radical (unpaired) electrons. The molecule has 2 amide bonds. The van der Waals surface area contributed by atoms with E-state index in [2.05, 4.69) is 4.90 Å². The molecular weight excluding hydrogens is 220 g/mol. The summed E-state index contributed by atoms with van der Waals surface area (Å²) in [5.74, 6) is 0.0401. The van der Waals surface area contributed by atoms with Crippen LogP contribution in [0.3, 0.4) is 0 Å². The third-order valence-electron chi connectivity index (χ3n) is 4.05. The average molecular weight is 238 g/mol. The maximum absolute atomic E-state index is 11.6. The predicted molar refractivity (Wildman–Crippen MR) is 60.3 cm³/mol. The fraction of sp³-hybridized carbons (Fsp3) is 0.833. The van der Waals surface area contributed by atoms with Gasteiger partial charge in [-0.3, -0.25) is 19.4 Å². The normalized spacial score (nSPS) is 28.8. The zero-order chi connectivity index (χ0) is 11.8. The van der Waals surface area contributed by atoms with E-state index in [1.165, 1.54) is 4.90 Å². The molecule has 3 heterocycles. The Morgan fingerprint density at radius 3 is 2.12 bits per heavy atom. The van der Waals surface area contributed by atoms with E-state index < -0.39 is 0 Å². The third-order valence-corrected chi connectivity index (χ3v) is 4.05. The van der Waals surface area contributed by atoms with Gasteiger partial charge in [0.15, 0.2) is 0 Å². The van der Waals surface area contributed by atoms with Crippen LogP contribution in [0.2, 0.25) is 0 Å². The van der Waals surface area contributed by atoms with Gasteiger partial charge in [-0.2, -0.15) is 0 Å². The van der Waals surface area contributed by atoms with Gasteiger partial charge in [0.05, 0.1) is 6.04 Å². The summed E-state index contributed by atoms with van der Waals surface area (Å²) in [6.45, 7) is 3.41. The second-order valence-electron chi connectivity index (χ2n) is 5.11. The number of carbonyl (C=O) groups excluding carboxylic acids is 2. The van der Waals surface area contributed by atoms with E-state index in [0.717, 1.165) is 39.1 Å². The molecule has 3 aliphatic rings. The summed E-state index contributed by atoms with van der Waals surface area (Å²) in [5.41, 5.74) is 0. The zero-order valence-corrected chi connectivity index (χ0v) is 9.93. The molecule has 0 unspecified atom stereocenters. The Morgan fingerprint density at radius 1 is 0.941 bits per heavy atom. The number of ether oxygens (including phenoxy) is 1. The molecule has 3 rings (SSSR count). The maximum Gasteiger partial charge on any atom is 0.230 e. The summed E-state index contributed by atoms with van der Waals surface area (Å²) >= 11 is 0. The van der Waals surface area contributed by atoms with Crippen molar-refractivity contribution in [3.63, 3.8) is 0 Å². The van der Waals surface area contributed by atoms with E-state index in [4.69, 9.17) is 4.74 Å². The average Bonchev–Trinajstić information content (AvgIpc) is 2.60. The molecule has 0 aliphatic carbocycles. The molecule has 0 saturated carbocycles. The maximum atomic E-state index is 11.6. The predicted octanol–water partition coefficient (Wildman–Crippen LogP) is -0.00140. The van der Waals surface area contributed by atoms with Crippen LogP contribution in [-0.4, -0.2) is 60.0 Å². The number of likely N-dealkylation sites (tertiary alicyclic amines) is 2. The molecule has 0 spiro atoms. The highest BCUT2D eigenvalue weighted by Crippen LogP contribution is 2.26. The van der Waals surface area contributed by atoms with Crippen molar-refractivity contribution in [3.05, 3.63) is 0 Å². The summed E-state index contributed by atoms with van der Waals surface area (Å²) in [5, 5.41) is 0. The fourth-order valence-electron chi connectivity index (χ4n) is 3.00. The first-order chi connectivity index (χ1) is 8.25. The zero-order valence-electron chi connectivity index (χ0n) is 9.93.